The Kier molecular flexibility index (Phi) is 10.00. The minimum Gasteiger partial charge on any atom is -0.462 e. The van der Waals surface area contributed by atoms with E-state index >= 15 is 0 Å². The molecule has 0 unspecified atom stereocenters. The molecule has 39 heavy (non-hydrogen) atoms. The van der Waals surface area contributed by atoms with Gasteiger partial charge in [-0.15, -0.1) is 0 Å². The zero-order valence-corrected chi connectivity index (χ0v) is 26.3. The fraction of sp³-hybridized carbons (Fsp3) is 0.909. The maximum Gasteiger partial charge on any atom is 0.309 e. The van der Waals surface area contributed by atoms with Crippen LogP contribution in [0.15, 0.2) is 0 Å². The molecule has 0 aliphatic heterocycles. The second-order valence-electron chi connectivity index (χ2n) is 14.7. The van der Waals surface area contributed by atoms with E-state index in [1.807, 2.05) is 13.2 Å². The summed E-state index contributed by atoms with van der Waals surface area (Å²) in [5, 5.41) is 0. The normalized spacial score (nSPS) is 39.3. The molecular formula is C33H55NO4S. The van der Waals surface area contributed by atoms with Gasteiger partial charge >= 0.3 is 5.97 Å². The van der Waals surface area contributed by atoms with Gasteiger partial charge in [0.1, 0.15) is 17.7 Å². The third-order valence-corrected chi connectivity index (χ3v) is 12.6. The van der Waals surface area contributed by atoms with Crippen LogP contribution in [-0.4, -0.2) is 41.7 Å². The molecule has 0 radical (unpaired) electrons. The molecule has 4 aliphatic carbocycles. The van der Waals surface area contributed by atoms with Gasteiger partial charge in [0, 0.05) is 12.3 Å². The summed E-state index contributed by atoms with van der Waals surface area (Å²) in [6.07, 6.45) is 13.7. The molecule has 4 aliphatic rings. The number of hydrogen-bond donors (Lipinski definition) is 1. The summed E-state index contributed by atoms with van der Waals surface area (Å²) in [6, 6.07) is -0.492. The maximum absolute atomic E-state index is 13.4. The van der Waals surface area contributed by atoms with Crippen molar-refractivity contribution in [1.82, 2.24) is 0 Å². The van der Waals surface area contributed by atoms with E-state index in [4.69, 9.17) is 10.5 Å². The van der Waals surface area contributed by atoms with Crippen LogP contribution in [0.3, 0.4) is 0 Å². The van der Waals surface area contributed by atoms with Gasteiger partial charge < -0.3 is 10.5 Å². The molecule has 2 N–H and O–H groups in total. The number of nitrogens with two attached hydrogens (primary N) is 1. The number of ether oxygens (including phenoxy) is 1. The lowest BCUT2D eigenvalue weighted by molar-refractivity contribution is -0.168. The number of carbonyl (C=O) groups is 3. The van der Waals surface area contributed by atoms with Crippen molar-refractivity contribution in [3.8, 4) is 0 Å². The van der Waals surface area contributed by atoms with Gasteiger partial charge in [-0.05, 0) is 130 Å². The van der Waals surface area contributed by atoms with Crippen molar-refractivity contribution in [1.29, 1.82) is 0 Å². The zero-order valence-electron chi connectivity index (χ0n) is 25.5. The number of esters is 1. The van der Waals surface area contributed by atoms with Crippen LogP contribution >= 0.6 is 11.8 Å². The van der Waals surface area contributed by atoms with Gasteiger partial charge in [0.05, 0.1) is 12.0 Å². The topological polar surface area (TPSA) is 86.5 Å². The van der Waals surface area contributed by atoms with E-state index in [0.717, 1.165) is 43.3 Å². The highest BCUT2D eigenvalue weighted by atomic mass is 32.2. The quantitative estimate of drug-likeness (QED) is 0.278. The fourth-order valence-corrected chi connectivity index (χ4v) is 10.4. The molecule has 0 aromatic carbocycles. The number of thioether (sulfide) groups is 1. The van der Waals surface area contributed by atoms with Crippen LogP contribution in [0.25, 0.3) is 0 Å². The Morgan fingerprint density at radius 2 is 1.67 bits per heavy atom. The summed E-state index contributed by atoms with van der Waals surface area (Å²) in [5.74, 6) is 3.99. The van der Waals surface area contributed by atoms with Crippen molar-refractivity contribution in [2.24, 2.45) is 58.0 Å². The molecule has 0 amide bonds. The van der Waals surface area contributed by atoms with Gasteiger partial charge in [0.2, 0.25) is 0 Å². The first-order valence-corrected chi connectivity index (χ1v) is 17.3. The third-order valence-electron chi connectivity index (χ3n) is 12.0. The first kappa shape index (κ1) is 31.1. The Hall–Kier alpha value is -0.880. The van der Waals surface area contributed by atoms with E-state index in [2.05, 4.69) is 27.7 Å². The summed E-state index contributed by atoms with van der Waals surface area (Å²) in [6.45, 7) is 11.0. The smallest absolute Gasteiger partial charge is 0.309 e. The van der Waals surface area contributed by atoms with E-state index in [1.165, 1.54) is 32.1 Å². The highest BCUT2D eigenvalue weighted by molar-refractivity contribution is 7.98. The highest BCUT2D eigenvalue weighted by Gasteiger charge is 2.61. The van der Waals surface area contributed by atoms with Gasteiger partial charge in [-0.25, -0.2) is 0 Å². The Morgan fingerprint density at radius 3 is 2.33 bits per heavy atom. The molecule has 5 nitrogen and oxygen atoms in total. The summed E-state index contributed by atoms with van der Waals surface area (Å²) in [4.78, 5) is 38.6. The average Bonchev–Trinajstić information content (AvgIpc) is 3.24. The SMILES string of the molecule is CSCC[C@H](N)C(=O)C[C@@H](CC(C)C)C(=O)O[C@@H]1CC[C@@]2(C)[C@@H](CC[C@@H]3[C@@H]2CC[C@]2(C)[C@@H](C(C)=O)CC[C@@H]32)C1. The van der Waals surface area contributed by atoms with Crippen molar-refractivity contribution in [2.45, 2.75) is 124 Å². The molecule has 0 aromatic heterocycles. The second-order valence-corrected chi connectivity index (χ2v) is 15.6. The summed E-state index contributed by atoms with van der Waals surface area (Å²) in [5.41, 5.74) is 6.64. The largest absolute Gasteiger partial charge is 0.462 e. The molecule has 222 valence electrons. The number of Topliss-reactive ketones (excluding diaryl/α,β-unsaturated/α-hetero) is 2. The Balaban J connectivity index is 1.38. The zero-order chi connectivity index (χ0) is 28.5. The first-order chi connectivity index (χ1) is 18.4. The molecule has 0 heterocycles. The molecule has 4 fully saturated rings. The van der Waals surface area contributed by atoms with E-state index in [1.54, 1.807) is 11.8 Å². The standard InChI is InChI=1S/C33H55NO4S/c1-20(2)17-22(18-30(36)29(34)13-16-39-6)31(37)38-24-11-14-32(4)23(19-24)7-8-25-27-10-9-26(21(3)35)33(27,5)15-12-28(25)32/h20,22-29H,7-19,34H2,1-6H3/t22-,23+,24-,25+,26-,27+,28+,29+,32+,33-/m1/s1. The average molecular weight is 562 g/mol. The van der Waals surface area contributed by atoms with Gasteiger partial charge in [-0.2, -0.15) is 11.8 Å². The lowest BCUT2D eigenvalue weighted by atomic mass is 9.44. The lowest BCUT2D eigenvalue weighted by Crippen LogP contribution is -2.54. The van der Waals surface area contributed by atoms with E-state index < -0.39 is 12.0 Å². The van der Waals surface area contributed by atoms with E-state index in [-0.39, 0.29) is 35.6 Å². The van der Waals surface area contributed by atoms with Crippen molar-refractivity contribution in [2.75, 3.05) is 12.0 Å². The van der Waals surface area contributed by atoms with Gasteiger partial charge in [0.15, 0.2) is 0 Å². The number of fused-ring (bicyclic) bond motifs is 5. The molecule has 10 atom stereocenters. The molecule has 4 rings (SSSR count). The predicted octanol–water partition coefficient (Wildman–Crippen LogP) is 6.85. The van der Waals surface area contributed by atoms with Crippen LogP contribution in [-0.2, 0) is 19.1 Å². The van der Waals surface area contributed by atoms with Crippen molar-refractivity contribution in [3.05, 3.63) is 0 Å². The second kappa shape index (κ2) is 12.5. The number of carbonyl (C=O) groups excluding carboxylic acids is 3. The summed E-state index contributed by atoms with van der Waals surface area (Å²) >= 11 is 1.69. The van der Waals surface area contributed by atoms with Crippen LogP contribution in [0, 0.1) is 52.3 Å². The number of ketones is 2. The number of rotatable bonds is 11. The van der Waals surface area contributed by atoms with Crippen LogP contribution in [0.1, 0.15) is 112 Å². The maximum atomic E-state index is 13.4. The van der Waals surface area contributed by atoms with Crippen molar-refractivity contribution < 1.29 is 19.1 Å². The summed E-state index contributed by atoms with van der Waals surface area (Å²) < 4.78 is 6.20. The molecule has 6 heteroatoms. The monoisotopic (exact) mass is 561 g/mol. The van der Waals surface area contributed by atoms with Crippen molar-refractivity contribution >= 4 is 29.3 Å². The van der Waals surface area contributed by atoms with Crippen LogP contribution < -0.4 is 5.73 Å². The Labute approximate surface area is 241 Å². The van der Waals surface area contributed by atoms with Gasteiger partial charge in [-0.1, -0.05) is 27.7 Å². The Morgan fingerprint density at radius 1 is 0.974 bits per heavy atom. The molecular weight excluding hydrogens is 506 g/mol. The first-order valence-electron chi connectivity index (χ1n) is 15.9. The third kappa shape index (κ3) is 6.32. The van der Waals surface area contributed by atoms with Crippen LogP contribution in [0.2, 0.25) is 0 Å². The number of hydrogen-bond acceptors (Lipinski definition) is 6. The molecule has 0 spiro atoms. The van der Waals surface area contributed by atoms with E-state index in [9.17, 15) is 14.4 Å². The lowest BCUT2D eigenvalue weighted by Gasteiger charge is -2.61. The van der Waals surface area contributed by atoms with Crippen molar-refractivity contribution in [3.63, 3.8) is 0 Å². The van der Waals surface area contributed by atoms with Crippen LogP contribution in [0.5, 0.6) is 0 Å². The minimum atomic E-state index is -0.492. The highest BCUT2D eigenvalue weighted by Crippen LogP contribution is 2.67. The predicted molar refractivity (Wildman–Crippen MR) is 159 cm³/mol. The van der Waals surface area contributed by atoms with E-state index in [0.29, 0.717) is 41.8 Å². The molecule has 0 bridgehead atoms. The minimum absolute atomic E-state index is 0.00980. The molecule has 0 aromatic rings. The van der Waals surface area contributed by atoms with Gasteiger partial charge in [0.25, 0.3) is 0 Å². The molecule has 4 saturated carbocycles. The molecule has 0 saturated heterocycles. The summed E-state index contributed by atoms with van der Waals surface area (Å²) in [7, 11) is 0. The van der Waals surface area contributed by atoms with Gasteiger partial charge in [-0.3, -0.25) is 14.4 Å². The van der Waals surface area contributed by atoms with Crippen LogP contribution in [0.4, 0.5) is 0 Å². The Bertz CT molecular complexity index is 906. The fourth-order valence-electron chi connectivity index (χ4n) is 9.89.